The number of ether oxygens (including phenoxy) is 1. The van der Waals surface area contributed by atoms with Gasteiger partial charge in [0.15, 0.2) is 0 Å². The zero-order chi connectivity index (χ0) is 8.74. The van der Waals surface area contributed by atoms with Crippen LogP contribution in [0.3, 0.4) is 0 Å². The average molecular weight is 161 g/mol. The van der Waals surface area contributed by atoms with Gasteiger partial charge in [0.1, 0.15) is 0 Å². The van der Waals surface area contributed by atoms with Crippen LogP contribution in [-0.4, -0.2) is 31.5 Å². The molecule has 0 aromatic heterocycles. The SMILES string of the molecule is CCOCCC(C)(CN)CO. The summed E-state index contributed by atoms with van der Waals surface area (Å²) in [6.45, 7) is 5.98. The number of aliphatic hydroxyl groups is 1. The molecule has 0 aliphatic carbocycles. The predicted molar refractivity (Wildman–Crippen MR) is 45.4 cm³/mol. The van der Waals surface area contributed by atoms with Crippen molar-refractivity contribution in [2.75, 3.05) is 26.4 Å². The monoisotopic (exact) mass is 161 g/mol. The first-order chi connectivity index (χ1) is 5.18. The Balaban J connectivity index is 3.51. The van der Waals surface area contributed by atoms with Gasteiger partial charge in [-0.1, -0.05) is 6.92 Å². The molecule has 3 N–H and O–H groups in total. The lowest BCUT2D eigenvalue weighted by Crippen LogP contribution is -2.32. The third kappa shape index (κ3) is 4.35. The standard InChI is InChI=1S/C8H19NO2/c1-3-11-5-4-8(2,6-9)7-10/h10H,3-7,9H2,1-2H3. The van der Waals surface area contributed by atoms with Gasteiger partial charge in [-0.3, -0.25) is 0 Å². The van der Waals surface area contributed by atoms with Crippen molar-refractivity contribution < 1.29 is 9.84 Å². The van der Waals surface area contributed by atoms with E-state index in [1.807, 2.05) is 13.8 Å². The van der Waals surface area contributed by atoms with E-state index in [-0.39, 0.29) is 12.0 Å². The largest absolute Gasteiger partial charge is 0.396 e. The van der Waals surface area contributed by atoms with E-state index in [4.69, 9.17) is 15.6 Å². The lowest BCUT2D eigenvalue weighted by Gasteiger charge is -2.24. The molecule has 0 aromatic rings. The molecule has 0 saturated carbocycles. The van der Waals surface area contributed by atoms with Crippen LogP contribution in [0.5, 0.6) is 0 Å². The van der Waals surface area contributed by atoms with Gasteiger partial charge in [-0.05, 0) is 19.9 Å². The van der Waals surface area contributed by atoms with Crippen molar-refractivity contribution in [3.05, 3.63) is 0 Å². The van der Waals surface area contributed by atoms with Crippen molar-refractivity contribution in [3.8, 4) is 0 Å². The maximum absolute atomic E-state index is 8.95. The molecule has 1 atom stereocenters. The summed E-state index contributed by atoms with van der Waals surface area (Å²) in [5, 5.41) is 8.95. The number of aliphatic hydroxyl groups excluding tert-OH is 1. The Morgan fingerprint density at radius 1 is 1.55 bits per heavy atom. The Bertz CT molecular complexity index is 92.1. The molecule has 0 radical (unpaired) electrons. The highest BCUT2D eigenvalue weighted by molar-refractivity contribution is 4.73. The summed E-state index contributed by atoms with van der Waals surface area (Å²) in [7, 11) is 0. The molecule has 0 aliphatic heterocycles. The number of hydrogen-bond donors (Lipinski definition) is 2. The molecule has 0 bridgehead atoms. The van der Waals surface area contributed by atoms with E-state index in [2.05, 4.69) is 0 Å². The molecule has 0 aliphatic rings. The topological polar surface area (TPSA) is 55.5 Å². The fraction of sp³-hybridized carbons (Fsp3) is 1.00. The van der Waals surface area contributed by atoms with E-state index in [0.29, 0.717) is 13.2 Å². The molecule has 11 heavy (non-hydrogen) atoms. The van der Waals surface area contributed by atoms with Gasteiger partial charge in [-0.25, -0.2) is 0 Å². The van der Waals surface area contributed by atoms with Gasteiger partial charge >= 0.3 is 0 Å². The maximum atomic E-state index is 8.95. The molecule has 1 unspecified atom stereocenters. The van der Waals surface area contributed by atoms with Crippen LogP contribution in [0.2, 0.25) is 0 Å². The van der Waals surface area contributed by atoms with Gasteiger partial charge in [-0.15, -0.1) is 0 Å². The van der Waals surface area contributed by atoms with Crippen molar-refractivity contribution in [2.24, 2.45) is 11.1 Å². The normalized spacial score (nSPS) is 16.4. The van der Waals surface area contributed by atoms with E-state index in [0.717, 1.165) is 13.0 Å². The Morgan fingerprint density at radius 2 is 2.18 bits per heavy atom. The van der Waals surface area contributed by atoms with Crippen LogP contribution < -0.4 is 5.73 Å². The molecule has 0 saturated heterocycles. The highest BCUT2D eigenvalue weighted by Crippen LogP contribution is 2.17. The summed E-state index contributed by atoms with van der Waals surface area (Å²) < 4.78 is 5.17. The Kier molecular flexibility index (Phi) is 5.46. The molecule has 3 nitrogen and oxygen atoms in total. The summed E-state index contributed by atoms with van der Waals surface area (Å²) in [4.78, 5) is 0. The lowest BCUT2D eigenvalue weighted by atomic mass is 9.88. The van der Waals surface area contributed by atoms with Gasteiger partial charge < -0.3 is 15.6 Å². The summed E-state index contributed by atoms with van der Waals surface area (Å²) in [6, 6.07) is 0. The van der Waals surface area contributed by atoms with Crippen molar-refractivity contribution in [3.63, 3.8) is 0 Å². The smallest absolute Gasteiger partial charge is 0.0497 e. The number of hydrogen-bond acceptors (Lipinski definition) is 3. The Hall–Kier alpha value is -0.120. The second-order valence-electron chi connectivity index (χ2n) is 3.12. The van der Waals surface area contributed by atoms with Crippen LogP contribution in [0.15, 0.2) is 0 Å². The van der Waals surface area contributed by atoms with E-state index in [1.54, 1.807) is 0 Å². The third-order valence-electron chi connectivity index (χ3n) is 1.93. The summed E-state index contributed by atoms with van der Waals surface area (Å²) >= 11 is 0. The lowest BCUT2D eigenvalue weighted by molar-refractivity contribution is 0.0766. The maximum Gasteiger partial charge on any atom is 0.0497 e. The van der Waals surface area contributed by atoms with Gasteiger partial charge in [0.25, 0.3) is 0 Å². The number of nitrogens with two attached hydrogens (primary N) is 1. The first kappa shape index (κ1) is 10.9. The zero-order valence-corrected chi connectivity index (χ0v) is 7.47. The fourth-order valence-corrected chi connectivity index (χ4v) is 0.709. The minimum atomic E-state index is -0.158. The molecule has 0 fully saturated rings. The molecule has 0 heterocycles. The highest BCUT2D eigenvalue weighted by Gasteiger charge is 2.20. The molecule has 0 amide bonds. The molecular weight excluding hydrogens is 142 g/mol. The van der Waals surface area contributed by atoms with E-state index in [1.165, 1.54) is 0 Å². The highest BCUT2D eigenvalue weighted by atomic mass is 16.5. The molecule has 0 aromatic carbocycles. The second kappa shape index (κ2) is 5.52. The van der Waals surface area contributed by atoms with Crippen LogP contribution in [0.1, 0.15) is 20.3 Å². The molecule has 68 valence electrons. The van der Waals surface area contributed by atoms with Crippen molar-refractivity contribution in [1.82, 2.24) is 0 Å². The van der Waals surface area contributed by atoms with Crippen LogP contribution in [0.25, 0.3) is 0 Å². The third-order valence-corrected chi connectivity index (χ3v) is 1.93. The average Bonchev–Trinajstić information content (AvgIpc) is 2.05. The van der Waals surface area contributed by atoms with Crippen LogP contribution in [-0.2, 0) is 4.74 Å². The van der Waals surface area contributed by atoms with Gasteiger partial charge in [0.05, 0.1) is 0 Å². The minimum absolute atomic E-state index is 0.135. The van der Waals surface area contributed by atoms with Crippen molar-refractivity contribution in [2.45, 2.75) is 20.3 Å². The van der Waals surface area contributed by atoms with Gasteiger partial charge in [-0.2, -0.15) is 0 Å². The summed E-state index contributed by atoms with van der Waals surface area (Å²) in [6.07, 6.45) is 0.827. The molecule has 0 rings (SSSR count). The van der Waals surface area contributed by atoms with E-state index < -0.39 is 0 Å². The van der Waals surface area contributed by atoms with E-state index in [9.17, 15) is 0 Å². The Labute approximate surface area is 68.5 Å². The molecule has 0 spiro atoms. The van der Waals surface area contributed by atoms with Crippen LogP contribution >= 0.6 is 0 Å². The first-order valence-electron chi connectivity index (χ1n) is 4.07. The first-order valence-corrected chi connectivity index (χ1v) is 4.07. The molecule has 3 heteroatoms. The van der Waals surface area contributed by atoms with Crippen molar-refractivity contribution >= 4 is 0 Å². The number of rotatable bonds is 6. The minimum Gasteiger partial charge on any atom is -0.396 e. The fourth-order valence-electron chi connectivity index (χ4n) is 0.709. The quantitative estimate of drug-likeness (QED) is 0.553. The predicted octanol–water partition coefficient (Wildman–Crippen LogP) is 0.370. The van der Waals surface area contributed by atoms with Gasteiger partial charge in [0.2, 0.25) is 0 Å². The van der Waals surface area contributed by atoms with Crippen LogP contribution in [0, 0.1) is 5.41 Å². The zero-order valence-electron chi connectivity index (χ0n) is 7.47. The summed E-state index contributed by atoms with van der Waals surface area (Å²) in [5.41, 5.74) is 5.33. The van der Waals surface area contributed by atoms with Gasteiger partial charge in [0, 0.05) is 25.2 Å². The van der Waals surface area contributed by atoms with Crippen LogP contribution in [0.4, 0.5) is 0 Å². The summed E-state index contributed by atoms with van der Waals surface area (Å²) in [5.74, 6) is 0. The van der Waals surface area contributed by atoms with Crippen molar-refractivity contribution in [1.29, 1.82) is 0 Å². The van der Waals surface area contributed by atoms with E-state index >= 15 is 0 Å². The second-order valence-corrected chi connectivity index (χ2v) is 3.12. The Morgan fingerprint density at radius 3 is 2.55 bits per heavy atom. The molecular formula is C8H19NO2.